The zero-order chi connectivity index (χ0) is 17.2. The van der Waals surface area contributed by atoms with E-state index in [9.17, 15) is 13.2 Å². The van der Waals surface area contributed by atoms with Crippen molar-refractivity contribution in [1.29, 1.82) is 5.26 Å². The van der Waals surface area contributed by atoms with E-state index < -0.39 is 11.7 Å². The molecule has 0 aliphatic carbocycles. The molecular formula is C18H11F3N2O. The first-order valence-electron chi connectivity index (χ1n) is 7.08. The van der Waals surface area contributed by atoms with E-state index in [0.717, 1.165) is 12.1 Å². The third-order valence-electron chi connectivity index (χ3n) is 3.47. The maximum Gasteiger partial charge on any atom is 0.416 e. The molecule has 0 fully saturated rings. The van der Waals surface area contributed by atoms with E-state index in [1.54, 1.807) is 36.4 Å². The molecule has 0 aliphatic rings. The van der Waals surface area contributed by atoms with Gasteiger partial charge in [-0.25, -0.2) is 0 Å². The highest BCUT2D eigenvalue weighted by Crippen LogP contribution is 2.30. The summed E-state index contributed by atoms with van der Waals surface area (Å²) in [5, 5.41) is 12.8. The molecule has 0 atom stereocenters. The molecule has 24 heavy (non-hydrogen) atoms. The highest BCUT2D eigenvalue weighted by atomic mass is 19.4. The Labute approximate surface area is 135 Å². The lowest BCUT2D eigenvalue weighted by Gasteiger charge is -2.07. The Kier molecular flexibility index (Phi) is 4.09. The fourth-order valence-electron chi connectivity index (χ4n) is 2.34. The minimum absolute atomic E-state index is 0.228. The average molecular weight is 328 g/mol. The Morgan fingerprint density at radius 1 is 1.04 bits per heavy atom. The Balaban J connectivity index is 1.83. The maximum absolute atomic E-state index is 12.7. The molecule has 120 valence electrons. The number of alkyl halides is 3. The molecule has 0 bridgehead atoms. The van der Waals surface area contributed by atoms with Gasteiger partial charge in [-0.1, -0.05) is 35.5 Å². The number of benzene rings is 2. The third kappa shape index (κ3) is 3.46. The second-order valence-electron chi connectivity index (χ2n) is 5.25. The van der Waals surface area contributed by atoms with Crippen LogP contribution in [0.15, 0.2) is 59.1 Å². The first-order chi connectivity index (χ1) is 11.5. The molecule has 1 heterocycles. The van der Waals surface area contributed by atoms with Gasteiger partial charge in [-0.2, -0.15) is 18.4 Å². The summed E-state index contributed by atoms with van der Waals surface area (Å²) >= 11 is 0. The number of halogens is 3. The van der Waals surface area contributed by atoms with E-state index in [1.807, 2.05) is 6.07 Å². The maximum atomic E-state index is 12.7. The molecular weight excluding hydrogens is 317 g/mol. The Morgan fingerprint density at radius 2 is 1.83 bits per heavy atom. The largest absolute Gasteiger partial charge is 0.416 e. The van der Waals surface area contributed by atoms with Gasteiger partial charge in [0.05, 0.1) is 22.9 Å². The standard InChI is InChI=1S/C18H11F3N2O/c19-18(20,21)15-6-2-3-12(8-15)9-16-10-17(24-23-16)14-5-1-4-13(7-14)11-22/h1-8,10H,9H2. The predicted molar refractivity (Wildman–Crippen MR) is 80.9 cm³/mol. The fraction of sp³-hybridized carbons (Fsp3) is 0.111. The van der Waals surface area contributed by atoms with Crippen LogP contribution in [0.2, 0.25) is 0 Å². The summed E-state index contributed by atoms with van der Waals surface area (Å²) in [5.74, 6) is 0.467. The highest BCUT2D eigenvalue weighted by Gasteiger charge is 2.30. The van der Waals surface area contributed by atoms with Gasteiger partial charge in [0.1, 0.15) is 0 Å². The van der Waals surface area contributed by atoms with E-state index in [2.05, 4.69) is 5.16 Å². The van der Waals surface area contributed by atoms with Gasteiger partial charge in [0, 0.05) is 18.1 Å². The molecule has 0 amide bonds. The Hall–Kier alpha value is -3.07. The normalized spacial score (nSPS) is 11.2. The Bertz CT molecular complexity index is 907. The summed E-state index contributed by atoms with van der Waals surface area (Å²) in [5.41, 5.74) is 1.51. The molecule has 0 radical (unpaired) electrons. The molecule has 0 N–H and O–H groups in total. The van der Waals surface area contributed by atoms with Gasteiger partial charge in [0.25, 0.3) is 0 Å². The van der Waals surface area contributed by atoms with E-state index >= 15 is 0 Å². The van der Waals surface area contributed by atoms with Crippen LogP contribution in [0.3, 0.4) is 0 Å². The van der Waals surface area contributed by atoms with E-state index in [0.29, 0.717) is 28.1 Å². The van der Waals surface area contributed by atoms with Crippen molar-refractivity contribution >= 4 is 0 Å². The number of hydrogen-bond donors (Lipinski definition) is 0. The minimum Gasteiger partial charge on any atom is -0.356 e. The fourth-order valence-corrected chi connectivity index (χ4v) is 2.34. The average Bonchev–Trinajstić information content (AvgIpc) is 3.03. The zero-order valence-corrected chi connectivity index (χ0v) is 12.3. The third-order valence-corrected chi connectivity index (χ3v) is 3.47. The Morgan fingerprint density at radius 3 is 2.58 bits per heavy atom. The summed E-state index contributed by atoms with van der Waals surface area (Å²) in [6.07, 6.45) is -4.14. The van der Waals surface area contributed by atoms with Crippen LogP contribution in [0.1, 0.15) is 22.4 Å². The molecule has 0 unspecified atom stereocenters. The van der Waals surface area contributed by atoms with Crippen molar-refractivity contribution in [2.24, 2.45) is 0 Å². The van der Waals surface area contributed by atoms with Crippen LogP contribution in [0.25, 0.3) is 11.3 Å². The van der Waals surface area contributed by atoms with Crippen molar-refractivity contribution in [2.75, 3.05) is 0 Å². The van der Waals surface area contributed by atoms with E-state index in [1.165, 1.54) is 6.07 Å². The number of nitrogens with zero attached hydrogens (tertiary/aromatic N) is 2. The number of hydrogen-bond acceptors (Lipinski definition) is 3. The second-order valence-corrected chi connectivity index (χ2v) is 5.25. The highest BCUT2D eigenvalue weighted by molar-refractivity contribution is 5.60. The van der Waals surface area contributed by atoms with Gasteiger partial charge in [-0.15, -0.1) is 0 Å². The van der Waals surface area contributed by atoms with Gasteiger partial charge in [-0.05, 0) is 23.8 Å². The van der Waals surface area contributed by atoms with Crippen LogP contribution in [0, 0.1) is 11.3 Å². The molecule has 0 saturated heterocycles. The number of nitriles is 1. The van der Waals surface area contributed by atoms with Gasteiger partial charge < -0.3 is 4.52 Å². The topological polar surface area (TPSA) is 49.8 Å². The van der Waals surface area contributed by atoms with Crippen LogP contribution in [-0.4, -0.2) is 5.16 Å². The number of aromatic nitrogens is 1. The van der Waals surface area contributed by atoms with E-state index in [4.69, 9.17) is 9.78 Å². The molecule has 3 aromatic rings. The van der Waals surface area contributed by atoms with Crippen molar-refractivity contribution in [3.8, 4) is 17.4 Å². The van der Waals surface area contributed by atoms with Crippen LogP contribution in [-0.2, 0) is 12.6 Å². The van der Waals surface area contributed by atoms with Crippen molar-refractivity contribution in [3.05, 3.63) is 77.0 Å². The molecule has 1 aromatic heterocycles. The van der Waals surface area contributed by atoms with Gasteiger partial charge >= 0.3 is 6.18 Å². The lowest BCUT2D eigenvalue weighted by Crippen LogP contribution is -2.05. The quantitative estimate of drug-likeness (QED) is 0.692. The molecule has 0 saturated carbocycles. The van der Waals surface area contributed by atoms with Crippen LogP contribution in [0.5, 0.6) is 0 Å². The summed E-state index contributed by atoms with van der Waals surface area (Å²) in [6.45, 7) is 0. The molecule has 6 heteroatoms. The van der Waals surface area contributed by atoms with E-state index in [-0.39, 0.29) is 6.42 Å². The molecule has 3 rings (SSSR count). The van der Waals surface area contributed by atoms with Gasteiger partial charge in [0.2, 0.25) is 0 Å². The summed E-state index contributed by atoms with van der Waals surface area (Å²) in [4.78, 5) is 0. The predicted octanol–water partition coefficient (Wildman–Crippen LogP) is 4.82. The molecule has 0 aliphatic heterocycles. The number of rotatable bonds is 3. The van der Waals surface area contributed by atoms with Crippen molar-refractivity contribution in [1.82, 2.24) is 5.16 Å². The van der Waals surface area contributed by atoms with Gasteiger partial charge in [-0.3, -0.25) is 0 Å². The van der Waals surface area contributed by atoms with Crippen molar-refractivity contribution < 1.29 is 17.7 Å². The lowest BCUT2D eigenvalue weighted by molar-refractivity contribution is -0.137. The summed E-state index contributed by atoms with van der Waals surface area (Å²) in [7, 11) is 0. The first kappa shape index (κ1) is 15.8. The van der Waals surface area contributed by atoms with Crippen LogP contribution >= 0.6 is 0 Å². The second kappa shape index (κ2) is 6.20. The molecule has 3 nitrogen and oxygen atoms in total. The van der Waals surface area contributed by atoms with Gasteiger partial charge in [0.15, 0.2) is 5.76 Å². The summed E-state index contributed by atoms with van der Waals surface area (Å²) < 4.78 is 43.5. The SMILES string of the molecule is N#Cc1cccc(-c2cc(Cc3cccc(C(F)(F)F)c3)no2)c1. The van der Waals surface area contributed by atoms with Crippen molar-refractivity contribution in [3.63, 3.8) is 0 Å². The van der Waals surface area contributed by atoms with Crippen molar-refractivity contribution in [2.45, 2.75) is 12.6 Å². The monoisotopic (exact) mass is 328 g/mol. The molecule has 0 spiro atoms. The summed E-state index contributed by atoms with van der Waals surface area (Å²) in [6, 6.07) is 15.6. The minimum atomic E-state index is -4.37. The smallest absolute Gasteiger partial charge is 0.356 e. The zero-order valence-electron chi connectivity index (χ0n) is 12.3. The molecule has 2 aromatic carbocycles. The van der Waals surface area contributed by atoms with Crippen LogP contribution in [0.4, 0.5) is 13.2 Å². The van der Waals surface area contributed by atoms with Crippen LogP contribution < -0.4 is 0 Å². The first-order valence-corrected chi connectivity index (χ1v) is 7.08. The lowest BCUT2D eigenvalue weighted by atomic mass is 10.0.